The maximum absolute atomic E-state index is 11.3. The number of rotatable bonds is 4. The highest BCUT2D eigenvalue weighted by Crippen LogP contribution is 2.34. The SMILES string of the molecule is CCC(C(N)C1CC1)S(C)(=O)=O. The van der Waals surface area contributed by atoms with Gasteiger partial charge in [-0.1, -0.05) is 6.92 Å². The number of nitrogens with two attached hydrogens (primary N) is 1. The van der Waals surface area contributed by atoms with E-state index in [1.54, 1.807) is 0 Å². The molecule has 3 nitrogen and oxygen atoms in total. The highest BCUT2D eigenvalue weighted by Gasteiger charge is 2.37. The van der Waals surface area contributed by atoms with Crippen molar-refractivity contribution in [2.45, 2.75) is 37.5 Å². The van der Waals surface area contributed by atoms with Gasteiger partial charge in [-0.05, 0) is 25.2 Å². The summed E-state index contributed by atoms with van der Waals surface area (Å²) in [5.41, 5.74) is 5.84. The van der Waals surface area contributed by atoms with E-state index in [9.17, 15) is 8.42 Å². The predicted octanol–water partition coefficient (Wildman–Crippen LogP) is 0.547. The maximum atomic E-state index is 11.3. The summed E-state index contributed by atoms with van der Waals surface area (Å²) in [6.45, 7) is 1.88. The maximum Gasteiger partial charge on any atom is 0.151 e. The Balaban J connectivity index is 2.67. The van der Waals surface area contributed by atoms with E-state index in [-0.39, 0.29) is 11.3 Å². The molecule has 2 N–H and O–H groups in total. The molecule has 2 unspecified atom stereocenters. The van der Waals surface area contributed by atoms with Crippen LogP contribution in [-0.2, 0) is 9.84 Å². The zero-order chi connectivity index (χ0) is 9.35. The van der Waals surface area contributed by atoms with Gasteiger partial charge in [0.2, 0.25) is 0 Å². The fraction of sp³-hybridized carbons (Fsp3) is 1.00. The van der Waals surface area contributed by atoms with Gasteiger partial charge < -0.3 is 5.73 Å². The summed E-state index contributed by atoms with van der Waals surface area (Å²) in [7, 11) is -2.94. The summed E-state index contributed by atoms with van der Waals surface area (Å²) in [5, 5.41) is -0.329. The van der Waals surface area contributed by atoms with E-state index in [1.807, 2.05) is 6.92 Å². The van der Waals surface area contributed by atoms with Crippen LogP contribution in [0.25, 0.3) is 0 Å². The van der Waals surface area contributed by atoms with Crippen molar-refractivity contribution in [1.29, 1.82) is 0 Å². The van der Waals surface area contributed by atoms with Crippen molar-refractivity contribution in [2.24, 2.45) is 11.7 Å². The molecule has 1 rings (SSSR count). The van der Waals surface area contributed by atoms with Gasteiger partial charge in [0.05, 0.1) is 5.25 Å². The minimum Gasteiger partial charge on any atom is -0.326 e. The van der Waals surface area contributed by atoms with Gasteiger partial charge in [-0.2, -0.15) is 0 Å². The van der Waals surface area contributed by atoms with Gasteiger partial charge in [0, 0.05) is 12.3 Å². The van der Waals surface area contributed by atoms with Crippen LogP contribution in [0.15, 0.2) is 0 Å². The topological polar surface area (TPSA) is 60.2 Å². The molecule has 0 amide bonds. The van der Waals surface area contributed by atoms with Crippen molar-refractivity contribution in [3.63, 3.8) is 0 Å². The molecule has 1 saturated carbocycles. The van der Waals surface area contributed by atoms with Crippen LogP contribution in [0.2, 0.25) is 0 Å². The molecule has 0 aromatic carbocycles. The van der Waals surface area contributed by atoms with Gasteiger partial charge in [-0.3, -0.25) is 0 Å². The lowest BCUT2D eigenvalue weighted by molar-refractivity contribution is 0.512. The molecule has 1 fully saturated rings. The summed E-state index contributed by atoms with van der Waals surface area (Å²) >= 11 is 0. The number of sulfone groups is 1. The smallest absolute Gasteiger partial charge is 0.151 e. The molecule has 0 spiro atoms. The fourth-order valence-corrected chi connectivity index (χ4v) is 3.04. The average molecular weight is 191 g/mol. The summed E-state index contributed by atoms with van der Waals surface area (Å²) in [4.78, 5) is 0. The molecule has 0 aromatic rings. The summed E-state index contributed by atoms with van der Waals surface area (Å²) in [5.74, 6) is 0.463. The second-order valence-corrected chi connectivity index (χ2v) is 5.96. The summed E-state index contributed by atoms with van der Waals surface area (Å²) in [6, 6.07) is -0.134. The Morgan fingerprint density at radius 3 is 2.25 bits per heavy atom. The second kappa shape index (κ2) is 3.34. The Morgan fingerprint density at radius 1 is 1.50 bits per heavy atom. The van der Waals surface area contributed by atoms with E-state index in [0.717, 1.165) is 12.8 Å². The average Bonchev–Trinajstić information content (AvgIpc) is 2.65. The normalized spacial score (nSPS) is 23.6. The Kier molecular flexibility index (Phi) is 2.78. The van der Waals surface area contributed by atoms with Crippen molar-refractivity contribution in [2.75, 3.05) is 6.26 Å². The van der Waals surface area contributed by atoms with E-state index in [1.165, 1.54) is 6.26 Å². The highest BCUT2D eigenvalue weighted by atomic mass is 32.2. The molecule has 0 aromatic heterocycles. The standard InChI is InChI=1S/C8H17NO2S/c1-3-7(12(2,10)11)8(9)6-4-5-6/h6-8H,3-5,9H2,1-2H3. The van der Waals surface area contributed by atoms with E-state index in [2.05, 4.69) is 0 Å². The first-order valence-corrected chi connectivity index (χ1v) is 6.36. The van der Waals surface area contributed by atoms with Gasteiger partial charge in [-0.15, -0.1) is 0 Å². The number of hydrogen-bond acceptors (Lipinski definition) is 3. The Bertz CT molecular complexity index is 244. The van der Waals surface area contributed by atoms with Crippen LogP contribution in [0, 0.1) is 5.92 Å². The van der Waals surface area contributed by atoms with Crippen molar-refractivity contribution < 1.29 is 8.42 Å². The Morgan fingerprint density at radius 2 is 2.00 bits per heavy atom. The molecule has 0 bridgehead atoms. The van der Waals surface area contributed by atoms with Crippen molar-refractivity contribution >= 4 is 9.84 Å². The fourth-order valence-electron chi connectivity index (χ4n) is 1.65. The van der Waals surface area contributed by atoms with Crippen LogP contribution >= 0.6 is 0 Å². The molecule has 0 heterocycles. The van der Waals surface area contributed by atoms with Crippen LogP contribution in [0.1, 0.15) is 26.2 Å². The van der Waals surface area contributed by atoms with Crippen molar-refractivity contribution in [1.82, 2.24) is 0 Å². The quantitative estimate of drug-likeness (QED) is 0.706. The third-order valence-electron chi connectivity index (χ3n) is 2.55. The van der Waals surface area contributed by atoms with E-state index in [4.69, 9.17) is 5.73 Å². The second-order valence-electron chi connectivity index (χ2n) is 3.69. The summed E-state index contributed by atoms with van der Waals surface area (Å²) in [6.07, 6.45) is 4.13. The predicted molar refractivity (Wildman–Crippen MR) is 49.6 cm³/mol. The Labute approximate surface area is 74.3 Å². The zero-order valence-corrected chi connectivity index (χ0v) is 8.47. The van der Waals surface area contributed by atoms with E-state index in [0.29, 0.717) is 12.3 Å². The highest BCUT2D eigenvalue weighted by molar-refractivity contribution is 7.91. The third-order valence-corrected chi connectivity index (χ3v) is 4.30. The molecule has 1 aliphatic rings. The third kappa shape index (κ3) is 2.20. The molecule has 2 atom stereocenters. The van der Waals surface area contributed by atoms with Gasteiger partial charge in [0.15, 0.2) is 9.84 Å². The van der Waals surface area contributed by atoms with Gasteiger partial charge >= 0.3 is 0 Å². The molecule has 4 heteroatoms. The molecule has 12 heavy (non-hydrogen) atoms. The lowest BCUT2D eigenvalue weighted by Gasteiger charge is -2.20. The minimum atomic E-state index is -2.94. The molecule has 0 saturated heterocycles. The first-order valence-electron chi connectivity index (χ1n) is 4.41. The van der Waals surface area contributed by atoms with Gasteiger partial charge in [0.25, 0.3) is 0 Å². The summed E-state index contributed by atoms with van der Waals surface area (Å²) < 4.78 is 22.5. The zero-order valence-electron chi connectivity index (χ0n) is 7.66. The van der Waals surface area contributed by atoms with E-state index >= 15 is 0 Å². The van der Waals surface area contributed by atoms with Crippen LogP contribution in [-0.4, -0.2) is 26.0 Å². The molecule has 1 aliphatic carbocycles. The van der Waals surface area contributed by atoms with Gasteiger partial charge in [0.1, 0.15) is 0 Å². The lowest BCUT2D eigenvalue weighted by atomic mass is 10.1. The lowest BCUT2D eigenvalue weighted by Crippen LogP contribution is -2.41. The first kappa shape index (κ1) is 9.99. The van der Waals surface area contributed by atoms with Crippen molar-refractivity contribution in [3.8, 4) is 0 Å². The molecule has 0 radical (unpaired) electrons. The molecule has 0 aliphatic heterocycles. The van der Waals surface area contributed by atoms with Crippen molar-refractivity contribution in [3.05, 3.63) is 0 Å². The molecular formula is C8H17NO2S. The minimum absolute atomic E-state index is 0.134. The molecule has 72 valence electrons. The monoisotopic (exact) mass is 191 g/mol. The largest absolute Gasteiger partial charge is 0.326 e. The van der Waals surface area contributed by atoms with E-state index < -0.39 is 9.84 Å². The van der Waals surface area contributed by atoms with Crippen LogP contribution in [0.4, 0.5) is 0 Å². The van der Waals surface area contributed by atoms with Crippen LogP contribution < -0.4 is 5.73 Å². The van der Waals surface area contributed by atoms with Gasteiger partial charge in [-0.25, -0.2) is 8.42 Å². The first-order chi connectivity index (χ1) is 5.46. The van der Waals surface area contributed by atoms with Crippen LogP contribution in [0.3, 0.4) is 0 Å². The Hall–Kier alpha value is -0.0900. The van der Waals surface area contributed by atoms with Crippen LogP contribution in [0.5, 0.6) is 0 Å². The molecular weight excluding hydrogens is 174 g/mol. The number of hydrogen-bond donors (Lipinski definition) is 1.